The van der Waals surface area contributed by atoms with Crippen molar-refractivity contribution in [1.29, 1.82) is 0 Å². The molecule has 1 amide bonds. The van der Waals surface area contributed by atoms with Crippen molar-refractivity contribution < 1.29 is 89.4 Å². The fraction of sp³-hybridized carbons (Fsp3) is 0.939. The molecule has 3 fully saturated rings. The highest BCUT2D eigenvalue weighted by Gasteiger charge is 2.54. The zero-order chi connectivity index (χ0) is 73.2. The van der Waals surface area contributed by atoms with Crippen LogP contribution < -0.4 is 5.32 Å². The van der Waals surface area contributed by atoms with Gasteiger partial charge >= 0.3 is 0 Å². The lowest BCUT2D eigenvalue weighted by Gasteiger charge is -2.48. The summed E-state index contributed by atoms with van der Waals surface area (Å²) >= 11 is 0. The van der Waals surface area contributed by atoms with Crippen molar-refractivity contribution >= 4 is 5.91 Å². The lowest BCUT2D eigenvalue weighted by molar-refractivity contribution is -0.379. The van der Waals surface area contributed by atoms with Crippen LogP contribution in [0.25, 0.3) is 0 Å². The maximum atomic E-state index is 13.5. The van der Waals surface area contributed by atoms with Crippen molar-refractivity contribution in [2.75, 3.05) is 26.4 Å². The molecule has 0 bridgehead atoms. The van der Waals surface area contributed by atoms with Gasteiger partial charge in [-0.15, -0.1) is 0 Å². The number of unbranched alkanes of at least 4 members (excludes halogenated alkanes) is 50. The standard InChI is InChI=1S/C82H155NO18/c1-3-5-7-9-11-13-15-17-19-21-23-25-26-27-28-29-30-31-32-33-34-35-36-37-38-40-42-44-46-48-50-52-54-56-58-60-70(88)83-65(66(87)59-57-55-53-51-49-47-45-43-41-39-24-22-20-18-16-14-12-10-8-6-4-2)64-96-80-76(94)73(91)78(68(62-85)98-80)101-82-77(95)74(92)79(69(63-86)99-82)100-81-75(93)72(90)71(89)67(61-84)97-81/h21,23,57,59,65-69,71-82,84-87,89-95H,3-20,22,24-56,58,60-64H2,1-2H3,(H,83,88)/b23-21-,59-57+. The van der Waals surface area contributed by atoms with Gasteiger partial charge in [-0.25, -0.2) is 0 Å². The number of nitrogens with one attached hydrogen (secondary N) is 1. The van der Waals surface area contributed by atoms with E-state index in [1.165, 1.54) is 289 Å². The van der Waals surface area contributed by atoms with E-state index in [9.17, 15) is 61.0 Å². The third kappa shape index (κ3) is 43.2. The summed E-state index contributed by atoms with van der Waals surface area (Å²) in [5.41, 5.74) is 0. The largest absolute Gasteiger partial charge is 0.394 e. The van der Waals surface area contributed by atoms with Gasteiger partial charge < -0.3 is 89.9 Å². The summed E-state index contributed by atoms with van der Waals surface area (Å²) in [6.45, 7) is 1.80. The van der Waals surface area contributed by atoms with Crippen molar-refractivity contribution in [2.45, 2.75) is 465 Å². The normalized spacial score (nSPS) is 26.4. The van der Waals surface area contributed by atoms with Gasteiger partial charge in [0.1, 0.15) is 73.2 Å². The molecular formula is C82H155NO18. The van der Waals surface area contributed by atoms with E-state index in [2.05, 4.69) is 31.3 Å². The zero-order valence-electron chi connectivity index (χ0n) is 63.9. The minimum absolute atomic E-state index is 0.249. The van der Waals surface area contributed by atoms with Gasteiger partial charge in [-0.2, -0.15) is 0 Å². The summed E-state index contributed by atoms with van der Waals surface area (Å²) in [6, 6.07) is -0.971. The molecule has 19 nitrogen and oxygen atoms in total. The smallest absolute Gasteiger partial charge is 0.220 e. The minimum Gasteiger partial charge on any atom is -0.394 e. The molecular weight excluding hydrogens is 1290 g/mol. The molecule has 0 aromatic heterocycles. The molecule has 3 aliphatic heterocycles. The summed E-state index contributed by atoms with van der Waals surface area (Å²) in [4.78, 5) is 13.5. The molecule has 0 aromatic carbocycles. The monoisotopic (exact) mass is 1440 g/mol. The SMILES string of the molecule is CCCCCCCCCC/C=C\CCCCCCCCCCCCCCCCCCCCCCCCCC(=O)NC(COC1OC(CO)C(OC2OC(CO)C(OC3OC(CO)C(O)C(O)C3O)C(O)C2O)C(O)C1O)C(O)/C=C/CCCCCCCCCCCCCCCCCCCCC. The number of hydrogen-bond donors (Lipinski definition) is 12. The Morgan fingerprint density at radius 3 is 0.960 bits per heavy atom. The van der Waals surface area contributed by atoms with Gasteiger partial charge in [0.25, 0.3) is 0 Å². The minimum atomic E-state index is -1.98. The first-order chi connectivity index (χ1) is 49.3. The lowest BCUT2D eigenvalue weighted by atomic mass is 9.96. The highest BCUT2D eigenvalue weighted by Crippen LogP contribution is 2.33. The first-order valence-corrected chi connectivity index (χ1v) is 42.1. The van der Waals surface area contributed by atoms with E-state index in [1.807, 2.05) is 6.08 Å². The van der Waals surface area contributed by atoms with E-state index in [-0.39, 0.29) is 18.9 Å². The van der Waals surface area contributed by atoms with Crippen molar-refractivity contribution in [3.05, 3.63) is 24.3 Å². The summed E-state index contributed by atoms with van der Waals surface area (Å²) < 4.78 is 34.5. The number of amides is 1. The van der Waals surface area contributed by atoms with E-state index >= 15 is 0 Å². The van der Waals surface area contributed by atoms with Crippen LogP contribution >= 0.6 is 0 Å². The van der Waals surface area contributed by atoms with E-state index in [4.69, 9.17) is 28.4 Å². The number of ether oxygens (including phenoxy) is 6. The second kappa shape index (κ2) is 63.2. The third-order valence-corrected chi connectivity index (χ3v) is 21.2. The first-order valence-electron chi connectivity index (χ1n) is 42.1. The van der Waals surface area contributed by atoms with Crippen LogP contribution in [0.2, 0.25) is 0 Å². The summed E-state index contributed by atoms with van der Waals surface area (Å²) in [6.07, 6.45) is 50.4. The van der Waals surface area contributed by atoms with Gasteiger partial charge in [-0.3, -0.25) is 4.79 Å². The molecule has 3 saturated heterocycles. The van der Waals surface area contributed by atoms with Crippen molar-refractivity contribution in [3.8, 4) is 0 Å². The second-order valence-corrected chi connectivity index (χ2v) is 30.3. The Kier molecular flexibility index (Phi) is 58.5. The van der Waals surface area contributed by atoms with Crippen LogP contribution in [0.15, 0.2) is 24.3 Å². The summed E-state index contributed by atoms with van der Waals surface area (Å²) in [5.74, 6) is -0.267. The Labute approximate surface area is 613 Å². The fourth-order valence-corrected chi connectivity index (χ4v) is 14.5. The van der Waals surface area contributed by atoms with Crippen molar-refractivity contribution in [2.24, 2.45) is 0 Å². The van der Waals surface area contributed by atoms with Crippen LogP contribution in [0.5, 0.6) is 0 Å². The Hall–Kier alpha value is -1.73. The van der Waals surface area contributed by atoms with Crippen LogP contribution in [-0.4, -0.2) is 193 Å². The number of aliphatic hydroxyl groups is 11. The molecule has 596 valence electrons. The highest BCUT2D eigenvalue weighted by atomic mass is 16.8. The van der Waals surface area contributed by atoms with Gasteiger partial charge in [0.15, 0.2) is 18.9 Å². The Morgan fingerprint density at radius 1 is 0.347 bits per heavy atom. The van der Waals surface area contributed by atoms with Crippen LogP contribution in [0.1, 0.15) is 361 Å². The lowest BCUT2D eigenvalue weighted by Crippen LogP contribution is -2.66. The van der Waals surface area contributed by atoms with Gasteiger partial charge in [0, 0.05) is 6.42 Å². The molecule has 12 N–H and O–H groups in total. The number of hydrogen-bond acceptors (Lipinski definition) is 18. The molecule has 3 aliphatic rings. The Bertz CT molecular complexity index is 1920. The van der Waals surface area contributed by atoms with Gasteiger partial charge in [-0.05, 0) is 44.9 Å². The molecule has 0 aromatic rings. The van der Waals surface area contributed by atoms with E-state index in [1.54, 1.807) is 6.08 Å². The fourth-order valence-electron chi connectivity index (χ4n) is 14.5. The number of carbonyl (C=O) groups is 1. The van der Waals surface area contributed by atoms with Gasteiger partial charge in [0.05, 0.1) is 38.6 Å². The van der Waals surface area contributed by atoms with Gasteiger partial charge in [0.2, 0.25) is 5.91 Å². The molecule has 0 saturated carbocycles. The van der Waals surface area contributed by atoms with E-state index in [0.717, 1.165) is 44.9 Å². The molecule has 17 atom stereocenters. The average Bonchev–Trinajstić information content (AvgIpc) is 0.782. The molecule has 101 heavy (non-hydrogen) atoms. The predicted octanol–water partition coefficient (Wildman–Crippen LogP) is 14.5. The zero-order valence-corrected chi connectivity index (χ0v) is 63.9. The summed E-state index contributed by atoms with van der Waals surface area (Å²) in [7, 11) is 0. The highest BCUT2D eigenvalue weighted by molar-refractivity contribution is 5.76. The topological polar surface area (TPSA) is 307 Å². The van der Waals surface area contributed by atoms with E-state index in [0.29, 0.717) is 6.42 Å². The molecule has 19 heteroatoms. The number of rotatable bonds is 68. The summed E-state index contributed by atoms with van der Waals surface area (Å²) in [5, 5.41) is 121. The maximum Gasteiger partial charge on any atom is 0.220 e. The number of aliphatic hydroxyl groups excluding tert-OH is 11. The predicted molar refractivity (Wildman–Crippen MR) is 402 cm³/mol. The third-order valence-electron chi connectivity index (χ3n) is 21.2. The second-order valence-electron chi connectivity index (χ2n) is 30.3. The molecule has 0 radical (unpaired) electrons. The number of allylic oxidation sites excluding steroid dienone is 3. The van der Waals surface area contributed by atoms with Gasteiger partial charge in [-0.1, -0.05) is 334 Å². The average molecular weight is 1440 g/mol. The van der Waals surface area contributed by atoms with Crippen molar-refractivity contribution in [3.63, 3.8) is 0 Å². The van der Waals surface area contributed by atoms with Crippen molar-refractivity contribution in [1.82, 2.24) is 5.32 Å². The molecule has 17 unspecified atom stereocenters. The Morgan fingerprint density at radius 2 is 0.624 bits per heavy atom. The van der Waals surface area contributed by atoms with Crippen LogP contribution in [0.3, 0.4) is 0 Å². The molecule has 0 aliphatic carbocycles. The molecule has 3 heterocycles. The molecule has 0 spiro atoms. The Balaban J connectivity index is 1.33. The quantitative estimate of drug-likeness (QED) is 0.0199. The maximum absolute atomic E-state index is 13.5. The molecule has 3 rings (SSSR count). The number of carbonyl (C=O) groups excluding carboxylic acids is 1. The van der Waals surface area contributed by atoms with Crippen LogP contribution in [0, 0.1) is 0 Å². The van der Waals surface area contributed by atoms with Crippen LogP contribution in [-0.2, 0) is 33.2 Å². The van der Waals surface area contributed by atoms with Crippen LogP contribution in [0.4, 0.5) is 0 Å². The first kappa shape index (κ1) is 93.5. The van der Waals surface area contributed by atoms with E-state index < -0.39 is 124 Å².